The van der Waals surface area contributed by atoms with Crippen LogP contribution >= 0.6 is 11.8 Å². The van der Waals surface area contributed by atoms with Gasteiger partial charge in [-0.05, 0) is 20.8 Å². The lowest BCUT2D eigenvalue weighted by molar-refractivity contribution is -0.137. The van der Waals surface area contributed by atoms with Crippen molar-refractivity contribution in [1.82, 2.24) is 0 Å². The van der Waals surface area contributed by atoms with Gasteiger partial charge in [-0.2, -0.15) is 0 Å². The van der Waals surface area contributed by atoms with E-state index in [-0.39, 0.29) is 4.75 Å². The zero-order valence-corrected chi connectivity index (χ0v) is 10.0. The first-order valence-electron chi connectivity index (χ1n) is 4.95. The molecule has 0 unspecified atom stereocenters. The number of carboxylic acid groups (broad SMARTS) is 1. The molecule has 0 aromatic rings. The van der Waals surface area contributed by atoms with Crippen LogP contribution in [-0.2, 0) is 4.79 Å². The highest BCUT2D eigenvalue weighted by atomic mass is 32.2. The van der Waals surface area contributed by atoms with Crippen molar-refractivity contribution in [3.63, 3.8) is 0 Å². The van der Waals surface area contributed by atoms with Gasteiger partial charge in [-0.3, -0.25) is 4.99 Å². The predicted molar refractivity (Wildman–Crippen MR) is 61.7 cm³/mol. The van der Waals surface area contributed by atoms with Gasteiger partial charge < -0.3 is 10.2 Å². The molecule has 0 radical (unpaired) electrons. The Bertz CT molecular complexity index is 286. The maximum Gasteiger partial charge on any atom is 0.329 e. The van der Waals surface area contributed by atoms with Gasteiger partial charge in [-0.15, -0.1) is 11.8 Å². The summed E-state index contributed by atoms with van der Waals surface area (Å²) >= 11 is 1.58. The van der Waals surface area contributed by atoms with Crippen LogP contribution < -0.4 is 0 Å². The number of nitrogens with zero attached hydrogens (tertiary/aromatic N) is 1. The third-order valence-corrected chi connectivity index (χ3v) is 3.82. The van der Waals surface area contributed by atoms with Gasteiger partial charge in [-0.1, -0.05) is 0 Å². The van der Waals surface area contributed by atoms with E-state index >= 15 is 0 Å². The summed E-state index contributed by atoms with van der Waals surface area (Å²) in [6.07, 6.45) is -0.0276. The molecule has 2 N–H and O–H groups in total. The average molecular weight is 231 g/mol. The first kappa shape index (κ1) is 12.5. The number of carboxylic acids is 1. The van der Waals surface area contributed by atoms with E-state index in [1.54, 1.807) is 18.7 Å². The molecule has 1 aliphatic rings. The highest BCUT2D eigenvalue weighted by Crippen LogP contribution is 2.33. The minimum Gasteiger partial charge on any atom is -0.480 e. The Hall–Kier alpha value is -0.550. The Morgan fingerprint density at radius 1 is 1.73 bits per heavy atom. The van der Waals surface area contributed by atoms with E-state index in [9.17, 15) is 9.90 Å². The average Bonchev–Trinajstić information content (AvgIpc) is 2.07. The van der Waals surface area contributed by atoms with Crippen LogP contribution in [0.3, 0.4) is 0 Å². The Balaban J connectivity index is 2.87. The van der Waals surface area contributed by atoms with Crippen molar-refractivity contribution < 1.29 is 15.0 Å². The summed E-state index contributed by atoms with van der Waals surface area (Å²) in [6.45, 7) is 5.71. The number of aliphatic imine (C=N–C) groups is 1. The smallest absolute Gasteiger partial charge is 0.329 e. The summed E-state index contributed by atoms with van der Waals surface area (Å²) in [5.74, 6) is -0.382. The van der Waals surface area contributed by atoms with Gasteiger partial charge in [0, 0.05) is 22.6 Å². The number of hydrogen-bond acceptors (Lipinski definition) is 4. The Morgan fingerprint density at radius 2 is 2.33 bits per heavy atom. The minimum absolute atomic E-state index is 0.164. The summed E-state index contributed by atoms with van der Waals surface area (Å²) in [7, 11) is 0. The number of aliphatic carboxylic acids is 1. The molecular weight excluding hydrogens is 214 g/mol. The van der Waals surface area contributed by atoms with E-state index in [2.05, 4.69) is 4.99 Å². The van der Waals surface area contributed by atoms with Crippen LogP contribution in [0.15, 0.2) is 4.99 Å². The Labute approximate surface area is 93.8 Å². The fourth-order valence-corrected chi connectivity index (χ4v) is 2.55. The van der Waals surface area contributed by atoms with Gasteiger partial charge >= 0.3 is 5.97 Å². The van der Waals surface area contributed by atoms with Crippen LogP contribution in [0, 0.1) is 0 Å². The molecular formula is C10H17NO3S. The van der Waals surface area contributed by atoms with Gasteiger partial charge in [0.2, 0.25) is 0 Å². The molecule has 2 atom stereocenters. The Morgan fingerprint density at radius 3 is 2.80 bits per heavy atom. The maximum atomic E-state index is 10.8. The van der Waals surface area contributed by atoms with Crippen LogP contribution in [-0.4, -0.2) is 44.5 Å². The summed E-state index contributed by atoms with van der Waals surface area (Å²) in [4.78, 5) is 15.0. The molecule has 1 heterocycles. The lowest BCUT2D eigenvalue weighted by Gasteiger charge is -2.32. The first-order valence-corrected chi connectivity index (χ1v) is 5.93. The summed E-state index contributed by atoms with van der Waals surface area (Å²) in [5.41, 5.74) is 0.793. The third kappa shape index (κ3) is 3.21. The van der Waals surface area contributed by atoms with Crippen LogP contribution in [0.5, 0.6) is 0 Å². The van der Waals surface area contributed by atoms with Crippen molar-refractivity contribution >= 4 is 23.4 Å². The van der Waals surface area contributed by atoms with Crippen LogP contribution in [0.4, 0.5) is 0 Å². The molecule has 0 aromatic carbocycles. The number of hydrogen-bond donors (Lipinski definition) is 2. The number of thioether (sulfide) groups is 1. The molecule has 15 heavy (non-hydrogen) atoms. The zero-order valence-electron chi connectivity index (χ0n) is 9.23. The highest BCUT2D eigenvalue weighted by Gasteiger charge is 2.34. The van der Waals surface area contributed by atoms with Gasteiger partial charge in [0.05, 0.1) is 6.10 Å². The fourth-order valence-electron chi connectivity index (χ4n) is 1.46. The van der Waals surface area contributed by atoms with E-state index in [1.807, 2.05) is 13.8 Å². The molecule has 0 saturated carbocycles. The molecule has 0 amide bonds. The molecule has 1 aliphatic heterocycles. The van der Waals surface area contributed by atoms with Crippen LogP contribution in [0.2, 0.25) is 0 Å². The van der Waals surface area contributed by atoms with E-state index in [1.165, 1.54) is 0 Å². The fraction of sp³-hybridized carbons (Fsp3) is 0.800. The molecule has 4 nitrogen and oxygen atoms in total. The topological polar surface area (TPSA) is 69.9 Å². The number of carbonyl (C=O) groups is 1. The minimum atomic E-state index is -0.888. The molecule has 1 rings (SSSR count). The lowest BCUT2D eigenvalue weighted by Crippen LogP contribution is -2.39. The second kappa shape index (κ2) is 4.53. The molecule has 86 valence electrons. The molecule has 0 saturated heterocycles. The van der Waals surface area contributed by atoms with Gasteiger partial charge in [0.25, 0.3) is 0 Å². The number of aliphatic hydroxyl groups excluding tert-OH is 1. The molecule has 0 spiro atoms. The van der Waals surface area contributed by atoms with Crippen molar-refractivity contribution in [1.29, 1.82) is 0 Å². The normalized spacial score (nSPS) is 26.9. The maximum absolute atomic E-state index is 10.8. The summed E-state index contributed by atoms with van der Waals surface area (Å²) in [5, 5.41) is 18.2. The molecule has 0 fully saturated rings. The lowest BCUT2D eigenvalue weighted by atomic mass is 10.0. The largest absolute Gasteiger partial charge is 0.480 e. The summed E-state index contributed by atoms with van der Waals surface area (Å²) in [6, 6.07) is -0.656. The van der Waals surface area contributed by atoms with Gasteiger partial charge in [0.15, 0.2) is 6.04 Å². The standard InChI is InChI=1S/C10H17NO3S/c1-6(12)4-8-10(2,3)15-5-7(11-8)9(13)14/h6-7,12H,4-5H2,1-3H3,(H,13,14)/t6-,7-/m1/s1. The predicted octanol–water partition coefficient (Wildman–Crippen LogP) is 1.18. The third-order valence-electron chi connectivity index (χ3n) is 2.38. The second-order valence-corrected chi connectivity index (χ2v) is 5.95. The van der Waals surface area contributed by atoms with Crippen molar-refractivity contribution in [2.45, 2.75) is 44.1 Å². The van der Waals surface area contributed by atoms with Crippen LogP contribution in [0.1, 0.15) is 27.2 Å². The number of aliphatic hydroxyl groups is 1. The van der Waals surface area contributed by atoms with E-state index < -0.39 is 18.1 Å². The zero-order chi connectivity index (χ0) is 11.6. The van der Waals surface area contributed by atoms with E-state index in [4.69, 9.17) is 5.11 Å². The van der Waals surface area contributed by atoms with Gasteiger partial charge in [-0.25, -0.2) is 4.79 Å². The quantitative estimate of drug-likeness (QED) is 0.765. The SMILES string of the molecule is C[C@@H](O)CC1=N[C@@H](C(=O)O)CSC1(C)C. The Kier molecular flexibility index (Phi) is 3.78. The van der Waals surface area contributed by atoms with Crippen LogP contribution in [0.25, 0.3) is 0 Å². The summed E-state index contributed by atoms with van der Waals surface area (Å²) < 4.78 is -0.164. The first-order chi connectivity index (χ1) is 6.83. The monoisotopic (exact) mass is 231 g/mol. The molecule has 0 aliphatic carbocycles. The van der Waals surface area contributed by atoms with Crippen molar-refractivity contribution in [2.75, 3.05) is 5.75 Å². The van der Waals surface area contributed by atoms with E-state index in [0.717, 1.165) is 5.71 Å². The van der Waals surface area contributed by atoms with Crippen molar-refractivity contribution in [3.8, 4) is 0 Å². The second-order valence-electron chi connectivity index (χ2n) is 4.30. The molecule has 0 bridgehead atoms. The van der Waals surface area contributed by atoms with E-state index in [0.29, 0.717) is 12.2 Å². The highest BCUT2D eigenvalue weighted by molar-refractivity contribution is 8.01. The molecule has 5 heteroatoms. The van der Waals surface area contributed by atoms with Crippen molar-refractivity contribution in [3.05, 3.63) is 0 Å². The van der Waals surface area contributed by atoms with Gasteiger partial charge in [0.1, 0.15) is 0 Å². The number of rotatable bonds is 3. The van der Waals surface area contributed by atoms with Crippen molar-refractivity contribution in [2.24, 2.45) is 4.99 Å². The molecule has 0 aromatic heterocycles.